The molecular weight excluding hydrogens is 337 g/mol. The molecule has 0 heterocycles. The summed E-state index contributed by atoms with van der Waals surface area (Å²) in [6, 6.07) is 15.2. The van der Waals surface area contributed by atoms with Crippen LogP contribution in [0.15, 0.2) is 54.6 Å². The summed E-state index contributed by atoms with van der Waals surface area (Å²) in [6.07, 6.45) is 1.64. The van der Waals surface area contributed by atoms with Gasteiger partial charge in [-0.2, -0.15) is 0 Å². The van der Waals surface area contributed by atoms with Crippen molar-refractivity contribution >= 4 is 11.9 Å². The van der Waals surface area contributed by atoms with Crippen LogP contribution in [0.25, 0.3) is 0 Å². The predicted molar refractivity (Wildman–Crippen MR) is 95.2 cm³/mol. The maximum Gasteiger partial charge on any atom is 0.344 e. The van der Waals surface area contributed by atoms with Gasteiger partial charge in [0.2, 0.25) is 0 Å². The van der Waals surface area contributed by atoms with Crippen LogP contribution >= 0.6 is 0 Å². The summed E-state index contributed by atoms with van der Waals surface area (Å²) in [5, 5.41) is 2.79. The Morgan fingerprint density at radius 1 is 1.04 bits per heavy atom. The van der Waals surface area contributed by atoms with E-state index in [-0.39, 0.29) is 25.2 Å². The minimum Gasteiger partial charge on any atom is -0.482 e. The minimum atomic E-state index is -0.665. The lowest BCUT2D eigenvalue weighted by Gasteiger charge is -2.14. The number of aryl methyl sites for hydroxylation is 1. The molecule has 0 saturated carbocycles. The van der Waals surface area contributed by atoms with E-state index in [4.69, 9.17) is 9.47 Å². The quantitative estimate of drug-likeness (QED) is 0.699. The van der Waals surface area contributed by atoms with E-state index in [1.165, 1.54) is 29.8 Å². The number of hydrogen-bond acceptors (Lipinski definition) is 4. The van der Waals surface area contributed by atoms with E-state index in [0.717, 1.165) is 12.8 Å². The van der Waals surface area contributed by atoms with Gasteiger partial charge >= 0.3 is 5.97 Å². The lowest BCUT2D eigenvalue weighted by Crippen LogP contribution is -2.36. The second kappa shape index (κ2) is 10.2. The molecule has 0 bridgehead atoms. The van der Waals surface area contributed by atoms with Crippen LogP contribution in [-0.4, -0.2) is 31.1 Å². The number of rotatable bonds is 9. The highest BCUT2D eigenvalue weighted by atomic mass is 19.1. The van der Waals surface area contributed by atoms with Crippen molar-refractivity contribution in [3.8, 4) is 5.75 Å². The highest BCUT2D eigenvalue weighted by Crippen LogP contribution is 2.10. The third-order valence-corrected chi connectivity index (χ3v) is 3.65. The van der Waals surface area contributed by atoms with Gasteiger partial charge in [-0.1, -0.05) is 30.3 Å². The summed E-state index contributed by atoms with van der Waals surface area (Å²) in [5.41, 5.74) is 1.21. The molecule has 0 radical (unpaired) electrons. The number of carbonyl (C=O) groups is 2. The van der Waals surface area contributed by atoms with Crippen molar-refractivity contribution in [3.05, 3.63) is 66.0 Å². The lowest BCUT2D eigenvalue weighted by atomic mass is 10.1. The fourth-order valence-electron chi connectivity index (χ4n) is 2.28. The highest BCUT2D eigenvalue weighted by Gasteiger charge is 2.11. The first-order chi connectivity index (χ1) is 12.5. The number of nitrogens with one attached hydrogen (secondary N) is 1. The largest absolute Gasteiger partial charge is 0.482 e. The van der Waals surface area contributed by atoms with Crippen molar-refractivity contribution < 1.29 is 23.5 Å². The molecule has 26 heavy (non-hydrogen) atoms. The Morgan fingerprint density at radius 2 is 1.73 bits per heavy atom. The summed E-state index contributed by atoms with van der Waals surface area (Å²) in [6.45, 7) is 1.20. The Hall–Kier alpha value is -2.89. The Balaban J connectivity index is 1.61. The van der Waals surface area contributed by atoms with Crippen molar-refractivity contribution in [1.29, 1.82) is 0 Å². The molecule has 0 unspecified atom stereocenters. The zero-order valence-corrected chi connectivity index (χ0v) is 14.6. The topological polar surface area (TPSA) is 64.6 Å². The van der Waals surface area contributed by atoms with Gasteiger partial charge in [-0.15, -0.1) is 0 Å². The summed E-state index contributed by atoms with van der Waals surface area (Å²) < 4.78 is 22.8. The molecule has 0 saturated heterocycles. The van der Waals surface area contributed by atoms with Gasteiger partial charge in [0.15, 0.2) is 13.2 Å². The Labute approximate surface area is 152 Å². The highest BCUT2D eigenvalue weighted by molar-refractivity contribution is 5.81. The van der Waals surface area contributed by atoms with Crippen molar-refractivity contribution in [2.24, 2.45) is 0 Å². The molecule has 2 rings (SSSR count). The average Bonchev–Trinajstić information content (AvgIpc) is 2.65. The van der Waals surface area contributed by atoms with Crippen LogP contribution in [0, 0.1) is 5.82 Å². The number of ether oxygens (including phenoxy) is 2. The molecule has 0 spiro atoms. The smallest absolute Gasteiger partial charge is 0.344 e. The molecule has 1 atom stereocenters. The first-order valence-corrected chi connectivity index (χ1v) is 8.40. The minimum absolute atomic E-state index is 0.0307. The molecule has 1 N–H and O–H groups in total. The van der Waals surface area contributed by atoms with Gasteiger partial charge in [0, 0.05) is 6.04 Å². The van der Waals surface area contributed by atoms with E-state index < -0.39 is 11.8 Å². The first-order valence-electron chi connectivity index (χ1n) is 8.40. The van der Waals surface area contributed by atoms with Crippen molar-refractivity contribution in [1.82, 2.24) is 5.32 Å². The van der Waals surface area contributed by atoms with Gasteiger partial charge in [-0.3, -0.25) is 4.79 Å². The molecule has 0 aliphatic rings. The Kier molecular flexibility index (Phi) is 7.61. The van der Waals surface area contributed by atoms with Gasteiger partial charge in [0.1, 0.15) is 11.6 Å². The standard InChI is InChI=1S/C20H22FNO4/c1-15(7-8-16-5-3-2-4-6-16)22-19(23)13-26-20(24)14-25-18-11-9-17(21)10-12-18/h2-6,9-12,15H,7-8,13-14H2,1H3,(H,22,23)/t15-/m1/s1. The SMILES string of the molecule is C[C@H](CCc1ccccc1)NC(=O)COC(=O)COc1ccc(F)cc1. The van der Waals surface area contributed by atoms with E-state index in [0.29, 0.717) is 5.75 Å². The van der Waals surface area contributed by atoms with E-state index in [2.05, 4.69) is 5.32 Å². The molecule has 1 amide bonds. The third kappa shape index (κ3) is 7.34. The number of hydrogen-bond donors (Lipinski definition) is 1. The number of esters is 1. The molecule has 0 fully saturated rings. The number of halogens is 1. The summed E-state index contributed by atoms with van der Waals surface area (Å²) in [7, 11) is 0. The van der Waals surface area contributed by atoms with Crippen LogP contribution in [0.3, 0.4) is 0 Å². The first kappa shape index (κ1) is 19.4. The molecule has 2 aromatic carbocycles. The molecule has 0 aliphatic heterocycles. The van der Waals surface area contributed by atoms with Crippen LogP contribution in [0.5, 0.6) is 5.75 Å². The normalized spacial score (nSPS) is 11.5. The lowest BCUT2D eigenvalue weighted by molar-refractivity contribution is -0.150. The maximum absolute atomic E-state index is 12.8. The zero-order valence-electron chi connectivity index (χ0n) is 14.6. The molecule has 0 aromatic heterocycles. The van der Waals surface area contributed by atoms with Gasteiger partial charge in [-0.25, -0.2) is 9.18 Å². The van der Waals surface area contributed by atoms with Gasteiger partial charge in [0.05, 0.1) is 0 Å². The summed E-state index contributed by atoms with van der Waals surface area (Å²) in [5.74, 6) is -1.07. The van der Waals surface area contributed by atoms with Crippen molar-refractivity contribution in [2.45, 2.75) is 25.8 Å². The maximum atomic E-state index is 12.8. The molecule has 2 aromatic rings. The molecular formula is C20H22FNO4. The Morgan fingerprint density at radius 3 is 2.42 bits per heavy atom. The monoisotopic (exact) mass is 359 g/mol. The molecule has 0 aliphatic carbocycles. The number of carbonyl (C=O) groups excluding carboxylic acids is 2. The van der Waals surface area contributed by atoms with Gasteiger partial charge < -0.3 is 14.8 Å². The second-order valence-electron chi connectivity index (χ2n) is 5.90. The Bertz CT molecular complexity index is 704. The van der Waals surface area contributed by atoms with Crippen molar-refractivity contribution in [2.75, 3.05) is 13.2 Å². The predicted octanol–water partition coefficient (Wildman–Crippen LogP) is 2.89. The van der Waals surface area contributed by atoms with Crippen LogP contribution in [0.2, 0.25) is 0 Å². The van der Waals surface area contributed by atoms with Crippen LogP contribution in [0.4, 0.5) is 4.39 Å². The molecule has 5 nitrogen and oxygen atoms in total. The number of benzene rings is 2. The zero-order chi connectivity index (χ0) is 18.8. The fourth-order valence-corrected chi connectivity index (χ4v) is 2.28. The summed E-state index contributed by atoms with van der Waals surface area (Å²) >= 11 is 0. The van der Waals surface area contributed by atoms with Crippen molar-refractivity contribution in [3.63, 3.8) is 0 Å². The second-order valence-corrected chi connectivity index (χ2v) is 5.90. The van der Waals surface area contributed by atoms with E-state index in [1.807, 2.05) is 37.3 Å². The third-order valence-electron chi connectivity index (χ3n) is 3.65. The molecule has 6 heteroatoms. The van der Waals surface area contributed by atoms with Gasteiger partial charge in [-0.05, 0) is 49.6 Å². The van der Waals surface area contributed by atoms with E-state index in [9.17, 15) is 14.0 Å². The molecule has 138 valence electrons. The van der Waals surface area contributed by atoms with Crippen LogP contribution < -0.4 is 10.1 Å². The fraction of sp³-hybridized carbons (Fsp3) is 0.300. The van der Waals surface area contributed by atoms with Gasteiger partial charge in [0.25, 0.3) is 5.91 Å². The van der Waals surface area contributed by atoms with E-state index >= 15 is 0 Å². The summed E-state index contributed by atoms with van der Waals surface area (Å²) in [4.78, 5) is 23.4. The number of amides is 1. The van der Waals surface area contributed by atoms with E-state index in [1.54, 1.807) is 0 Å². The average molecular weight is 359 g/mol. The van der Waals surface area contributed by atoms with Crippen LogP contribution in [0.1, 0.15) is 18.9 Å². The van der Waals surface area contributed by atoms with Crippen LogP contribution in [-0.2, 0) is 20.7 Å².